The molecule has 0 saturated carbocycles. The molecule has 0 aromatic heterocycles. The van der Waals surface area contributed by atoms with Gasteiger partial charge >= 0.3 is 5.97 Å². The monoisotopic (exact) mass is 240 g/mol. The lowest BCUT2D eigenvalue weighted by Gasteiger charge is -2.42. The van der Waals surface area contributed by atoms with E-state index in [1.54, 1.807) is 0 Å². The summed E-state index contributed by atoms with van der Waals surface area (Å²) < 4.78 is 0. The van der Waals surface area contributed by atoms with Crippen LogP contribution in [0.1, 0.15) is 48.0 Å². The summed E-state index contributed by atoms with van der Waals surface area (Å²) in [4.78, 5) is 14.9. The zero-order valence-corrected chi connectivity index (χ0v) is 11.7. The zero-order valence-electron chi connectivity index (χ0n) is 11.7. The third kappa shape index (κ3) is 3.70. The summed E-state index contributed by atoms with van der Waals surface area (Å²) in [7, 11) is 0. The van der Waals surface area contributed by atoms with Crippen molar-refractivity contribution in [2.45, 2.75) is 48.0 Å². The number of rotatable bonds is 5. The van der Waals surface area contributed by atoms with Gasteiger partial charge in [0.15, 0.2) is 0 Å². The van der Waals surface area contributed by atoms with Gasteiger partial charge in [-0.1, -0.05) is 53.2 Å². The van der Waals surface area contributed by atoms with E-state index < -0.39 is 5.97 Å². The predicted molar refractivity (Wildman–Crippen MR) is 69.5 cm³/mol. The third-order valence-corrected chi connectivity index (χ3v) is 4.01. The molecule has 17 heavy (non-hydrogen) atoms. The summed E-state index contributed by atoms with van der Waals surface area (Å²) in [6.45, 7) is 12.5. The summed E-state index contributed by atoms with van der Waals surface area (Å²) in [5.41, 5.74) is 0.696. The van der Waals surface area contributed by atoms with Crippen LogP contribution in [0.3, 0.4) is 0 Å². The Bertz CT molecular complexity index is 322. The molecule has 0 saturated heterocycles. The van der Waals surface area contributed by atoms with Gasteiger partial charge in [0.25, 0.3) is 0 Å². The highest BCUT2D eigenvalue weighted by atomic mass is 17.1. The molecule has 0 bridgehead atoms. The van der Waals surface area contributed by atoms with Crippen LogP contribution in [-0.2, 0) is 9.68 Å². The molecule has 0 aliphatic rings. The average molecular weight is 240 g/mol. The maximum absolute atomic E-state index is 11.2. The lowest BCUT2D eigenvalue weighted by atomic mass is 9.62. The number of hydrogen-bond acceptors (Lipinski definition) is 3. The molecule has 0 amide bonds. The molecule has 0 rings (SSSR count). The second-order valence-electron chi connectivity index (χ2n) is 5.37. The Hall–Kier alpha value is -1.09. The van der Waals surface area contributed by atoms with Gasteiger partial charge in [-0.3, -0.25) is 4.89 Å². The van der Waals surface area contributed by atoms with E-state index in [-0.39, 0.29) is 10.8 Å². The fourth-order valence-corrected chi connectivity index (χ4v) is 1.60. The molecule has 3 nitrogen and oxygen atoms in total. The third-order valence-electron chi connectivity index (χ3n) is 4.01. The van der Waals surface area contributed by atoms with Crippen molar-refractivity contribution >= 4 is 5.97 Å². The van der Waals surface area contributed by atoms with E-state index >= 15 is 0 Å². The van der Waals surface area contributed by atoms with Crippen molar-refractivity contribution in [1.82, 2.24) is 0 Å². The molecule has 98 valence electrons. The van der Waals surface area contributed by atoms with Gasteiger partial charge in [-0.05, 0) is 23.3 Å². The van der Waals surface area contributed by atoms with Crippen LogP contribution >= 0.6 is 0 Å². The Morgan fingerprint density at radius 3 is 2.18 bits per heavy atom. The molecule has 0 fully saturated rings. The Kier molecular flexibility index (Phi) is 5.62. The number of carbonyl (C=O) groups is 1. The van der Waals surface area contributed by atoms with E-state index in [0.717, 1.165) is 12.0 Å². The minimum Gasteiger partial charge on any atom is -0.296 e. The van der Waals surface area contributed by atoms with Crippen molar-refractivity contribution < 1.29 is 14.9 Å². The Labute approximate surface area is 104 Å². The average Bonchev–Trinajstić information content (AvgIpc) is 2.27. The van der Waals surface area contributed by atoms with Gasteiger partial charge in [-0.15, -0.1) is 0 Å². The number of carbonyl (C=O) groups excluding carboxylic acids is 1. The lowest BCUT2D eigenvalue weighted by molar-refractivity contribution is -0.228. The molecule has 0 aliphatic carbocycles. The van der Waals surface area contributed by atoms with Crippen molar-refractivity contribution in [2.24, 2.45) is 10.8 Å². The van der Waals surface area contributed by atoms with E-state index in [0.29, 0.717) is 0 Å². The molecule has 3 heteroatoms. The molecule has 0 heterocycles. The Morgan fingerprint density at radius 2 is 1.82 bits per heavy atom. The minimum atomic E-state index is -0.738. The summed E-state index contributed by atoms with van der Waals surface area (Å²) in [5, 5.41) is 8.36. The fourth-order valence-electron chi connectivity index (χ4n) is 1.60. The van der Waals surface area contributed by atoms with E-state index in [1.165, 1.54) is 6.08 Å². The van der Waals surface area contributed by atoms with Crippen molar-refractivity contribution in [1.29, 1.82) is 0 Å². The molecule has 0 aromatic rings. The first-order valence-electron chi connectivity index (χ1n) is 5.93. The van der Waals surface area contributed by atoms with Crippen molar-refractivity contribution in [3.8, 4) is 0 Å². The number of hydrogen-bond donors (Lipinski definition) is 1. The van der Waals surface area contributed by atoms with E-state index in [2.05, 4.69) is 39.5 Å². The summed E-state index contributed by atoms with van der Waals surface area (Å²) >= 11 is 0. The second-order valence-corrected chi connectivity index (χ2v) is 5.37. The first kappa shape index (κ1) is 15.9. The van der Waals surface area contributed by atoms with E-state index in [1.807, 2.05) is 19.1 Å². The van der Waals surface area contributed by atoms with Crippen LogP contribution in [0.15, 0.2) is 23.8 Å². The molecule has 0 aromatic carbocycles. The smallest absolute Gasteiger partial charge is 0.296 e. The Morgan fingerprint density at radius 1 is 1.29 bits per heavy atom. The molecular weight excluding hydrogens is 216 g/mol. The normalized spacial score (nSPS) is 14.2. The van der Waals surface area contributed by atoms with E-state index in [9.17, 15) is 4.79 Å². The molecule has 0 aliphatic heterocycles. The van der Waals surface area contributed by atoms with Crippen LogP contribution in [0.5, 0.6) is 0 Å². The highest BCUT2D eigenvalue weighted by Crippen LogP contribution is 2.46. The SMILES string of the molecule is CC=CC(=CC(=O)OO)C(C)(C)C(C)(C)CC. The maximum atomic E-state index is 11.2. The molecule has 0 atom stereocenters. The van der Waals surface area contributed by atoms with Gasteiger partial charge < -0.3 is 0 Å². The predicted octanol–water partition coefficient (Wildman–Crippen LogP) is 3.97. The van der Waals surface area contributed by atoms with Crippen LogP contribution in [0.4, 0.5) is 0 Å². The maximum Gasteiger partial charge on any atom is 0.365 e. The van der Waals surface area contributed by atoms with Crippen molar-refractivity contribution in [3.63, 3.8) is 0 Å². The fraction of sp³-hybridized carbons (Fsp3) is 0.643. The van der Waals surface area contributed by atoms with Crippen LogP contribution in [0.25, 0.3) is 0 Å². The van der Waals surface area contributed by atoms with Gasteiger partial charge in [-0.2, -0.15) is 5.26 Å². The quantitative estimate of drug-likeness (QED) is 0.342. The van der Waals surface area contributed by atoms with Gasteiger partial charge in [0.2, 0.25) is 0 Å². The topological polar surface area (TPSA) is 46.5 Å². The zero-order chi connectivity index (χ0) is 13.7. The minimum absolute atomic E-state index is 0.0358. The first-order valence-corrected chi connectivity index (χ1v) is 5.93. The summed E-state index contributed by atoms with van der Waals surface area (Å²) in [5.74, 6) is -0.738. The highest BCUT2D eigenvalue weighted by Gasteiger charge is 2.37. The van der Waals surface area contributed by atoms with Crippen LogP contribution in [-0.4, -0.2) is 11.2 Å². The van der Waals surface area contributed by atoms with Crippen molar-refractivity contribution in [2.75, 3.05) is 0 Å². The summed E-state index contributed by atoms with van der Waals surface area (Å²) in [6.07, 6.45) is 6.10. The van der Waals surface area contributed by atoms with Gasteiger partial charge in [-0.25, -0.2) is 4.79 Å². The molecule has 0 spiro atoms. The Balaban J connectivity index is 5.48. The highest BCUT2D eigenvalue weighted by molar-refractivity contribution is 5.83. The van der Waals surface area contributed by atoms with Gasteiger partial charge in [0.05, 0.1) is 0 Å². The van der Waals surface area contributed by atoms with E-state index in [4.69, 9.17) is 5.26 Å². The number of allylic oxidation sites excluding steroid dienone is 3. The van der Waals surface area contributed by atoms with Crippen molar-refractivity contribution in [3.05, 3.63) is 23.8 Å². The van der Waals surface area contributed by atoms with Crippen LogP contribution in [0, 0.1) is 10.8 Å². The van der Waals surface area contributed by atoms with Gasteiger partial charge in [0.1, 0.15) is 0 Å². The van der Waals surface area contributed by atoms with Crippen LogP contribution in [0.2, 0.25) is 0 Å². The molecule has 0 unspecified atom stereocenters. The summed E-state index contributed by atoms with van der Waals surface area (Å²) in [6, 6.07) is 0. The molecule has 1 N–H and O–H groups in total. The lowest BCUT2D eigenvalue weighted by Crippen LogP contribution is -2.33. The standard InChI is InChI=1S/C14H24O3/c1-7-9-11(10-12(15)17-16)14(5,6)13(3,4)8-2/h7,9-10,16H,8H2,1-6H3. The first-order chi connectivity index (χ1) is 7.72. The largest absolute Gasteiger partial charge is 0.365 e. The molecule has 0 radical (unpaired) electrons. The molecular formula is C14H24O3. The van der Waals surface area contributed by atoms with Gasteiger partial charge in [0, 0.05) is 6.08 Å². The second kappa shape index (κ2) is 6.01. The van der Waals surface area contributed by atoms with Crippen LogP contribution < -0.4 is 0 Å².